The molecular weight excluding hydrogens is 337 g/mol. The lowest BCUT2D eigenvalue weighted by atomic mass is 10.1. The zero-order chi connectivity index (χ0) is 17.0. The van der Waals surface area contributed by atoms with Crippen molar-refractivity contribution in [2.45, 2.75) is 20.5 Å². The lowest BCUT2D eigenvalue weighted by Gasteiger charge is -2.10. The molecule has 2 rings (SSSR count). The zero-order valence-electron chi connectivity index (χ0n) is 12.7. The number of benzene rings is 2. The van der Waals surface area contributed by atoms with Crippen molar-refractivity contribution in [2.24, 2.45) is 0 Å². The van der Waals surface area contributed by atoms with Crippen LogP contribution in [0.1, 0.15) is 28.4 Å². The Balaban J connectivity index is 2.08. The Hall–Kier alpha value is -2.04. The second-order valence-corrected chi connectivity index (χ2v) is 5.85. The normalized spacial score (nSPS) is 10.3. The van der Waals surface area contributed by atoms with Crippen LogP contribution in [0.3, 0.4) is 0 Å². The van der Waals surface area contributed by atoms with Crippen LogP contribution in [0, 0.1) is 6.92 Å². The number of halogens is 2. The van der Waals surface area contributed by atoms with Crippen molar-refractivity contribution >= 4 is 40.8 Å². The highest BCUT2D eigenvalue weighted by Crippen LogP contribution is 2.23. The lowest BCUT2D eigenvalue weighted by molar-refractivity contribution is -0.114. The van der Waals surface area contributed by atoms with E-state index >= 15 is 0 Å². The molecule has 0 radical (unpaired) electrons. The summed E-state index contributed by atoms with van der Waals surface area (Å²) in [6.07, 6.45) is 0. The average Bonchev–Trinajstić information content (AvgIpc) is 2.50. The molecule has 0 aliphatic heterocycles. The summed E-state index contributed by atoms with van der Waals surface area (Å²) < 4.78 is 5.26. The maximum Gasteiger partial charge on any atom is 0.338 e. The number of hydrogen-bond donors (Lipinski definition) is 1. The monoisotopic (exact) mass is 351 g/mol. The van der Waals surface area contributed by atoms with E-state index in [-0.39, 0.29) is 12.5 Å². The number of anilines is 1. The van der Waals surface area contributed by atoms with Gasteiger partial charge in [-0.25, -0.2) is 4.79 Å². The predicted molar refractivity (Wildman–Crippen MR) is 91.1 cm³/mol. The molecule has 2 aromatic carbocycles. The second-order valence-electron chi connectivity index (χ2n) is 5.04. The number of aryl methyl sites for hydroxylation is 1. The van der Waals surface area contributed by atoms with E-state index in [0.29, 0.717) is 21.3 Å². The summed E-state index contributed by atoms with van der Waals surface area (Å²) in [5.74, 6) is -0.683. The zero-order valence-corrected chi connectivity index (χ0v) is 14.2. The molecule has 0 unspecified atom stereocenters. The molecule has 0 fully saturated rings. The van der Waals surface area contributed by atoms with E-state index in [9.17, 15) is 9.59 Å². The van der Waals surface area contributed by atoms with Gasteiger partial charge in [-0.15, -0.1) is 0 Å². The minimum Gasteiger partial charge on any atom is -0.457 e. The number of nitrogens with one attached hydrogen (secondary N) is 1. The van der Waals surface area contributed by atoms with Crippen molar-refractivity contribution in [3.05, 3.63) is 63.1 Å². The maximum atomic E-state index is 12.1. The minimum absolute atomic E-state index is 0.0824. The highest BCUT2D eigenvalue weighted by molar-refractivity contribution is 6.42. The largest absolute Gasteiger partial charge is 0.457 e. The average molecular weight is 352 g/mol. The van der Waals surface area contributed by atoms with Gasteiger partial charge in [0.2, 0.25) is 5.91 Å². The number of rotatable bonds is 4. The van der Waals surface area contributed by atoms with Crippen molar-refractivity contribution in [1.29, 1.82) is 0 Å². The number of amides is 1. The fourth-order valence-corrected chi connectivity index (χ4v) is 2.26. The first-order valence-electron chi connectivity index (χ1n) is 6.86. The first-order valence-corrected chi connectivity index (χ1v) is 7.61. The minimum atomic E-state index is -0.484. The van der Waals surface area contributed by atoms with E-state index < -0.39 is 5.97 Å². The van der Waals surface area contributed by atoms with Gasteiger partial charge >= 0.3 is 5.97 Å². The summed E-state index contributed by atoms with van der Waals surface area (Å²) in [6.45, 7) is 3.34. The highest BCUT2D eigenvalue weighted by atomic mass is 35.5. The van der Waals surface area contributed by atoms with Crippen LogP contribution in [-0.2, 0) is 16.1 Å². The van der Waals surface area contributed by atoms with Crippen molar-refractivity contribution < 1.29 is 14.3 Å². The topological polar surface area (TPSA) is 55.4 Å². The molecule has 4 nitrogen and oxygen atoms in total. The molecule has 1 N–H and O–H groups in total. The molecule has 0 aromatic heterocycles. The van der Waals surface area contributed by atoms with Gasteiger partial charge in [0.15, 0.2) is 0 Å². The van der Waals surface area contributed by atoms with Crippen molar-refractivity contribution in [3.63, 3.8) is 0 Å². The van der Waals surface area contributed by atoms with E-state index in [0.717, 1.165) is 11.1 Å². The Morgan fingerprint density at radius 3 is 2.48 bits per heavy atom. The molecule has 0 heterocycles. The van der Waals surface area contributed by atoms with Crippen molar-refractivity contribution in [1.82, 2.24) is 0 Å². The molecule has 120 valence electrons. The molecule has 0 saturated carbocycles. The van der Waals surface area contributed by atoms with Crippen molar-refractivity contribution in [2.75, 3.05) is 5.32 Å². The fourth-order valence-electron chi connectivity index (χ4n) is 1.93. The molecule has 0 saturated heterocycles. The van der Waals surface area contributed by atoms with Gasteiger partial charge in [0.25, 0.3) is 0 Å². The number of carbonyl (C=O) groups excluding carboxylic acids is 2. The number of hydrogen-bond acceptors (Lipinski definition) is 3. The van der Waals surface area contributed by atoms with Crippen LogP contribution in [0.2, 0.25) is 10.0 Å². The summed E-state index contributed by atoms with van der Waals surface area (Å²) in [6, 6.07) is 10.0. The Labute approximate surface area is 144 Å². The standard InChI is InChI=1S/C17H15Cl2NO3/c1-10-3-5-13(8-16(10)20-11(2)21)17(22)23-9-12-4-6-14(18)15(19)7-12/h3-8H,9H2,1-2H3,(H,20,21). The third-order valence-electron chi connectivity index (χ3n) is 3.14. The van der Waals surface area contributed by atoms with Gasteiger partial charge in [-0.1, -0.05) is 35.3 Å². The number of ether oxygens (including phenoxy) is 1. The molecule has 0 atom stereocenters. The van der Waals surface area contributed by atoms with Gasteiger partial charge in [0.1, 0.15) is 6.61 Å². The van der Waals surface area contributed by atoms with Gasteiger partial charge in [-0.2, -0.15) is 0 Å². The molecule has 6 heteroatoms. The van der Waals surface area contributed by atoms with Gasteiger partial charge in [-0.3, -0.25) is 4.79 Å². The highest BCUT2D eigenvalue weighted by Gasteiger charge is 2.11. The molecule has 0 aliphatic rings. The van der Waals surface area contributed by atoms with Crippen LogP contribution >= 0.6 is 23.2 Å². The number of carbonyl (C=O) groups is 2. The van der Waals surface area contributed by atoms with Crippen molar-refractivity contribution in [3.8, 4) is 0 Å². The van der Waals surface area contributed by atoms with Gasteiger partial charge in [0.05, 0.1) is 15.6 Å². The van der Waals surface area contributed by atoms with E-state index in [4.69, 9.17) is 27.9 Å². The van der Waals surface area contributed by atoms with Gasteiger partial charge in [-0.05, 0) is 42.3 Å². The maximum absolute atomic E-state index is 12.1. The van der Waals surface area contributed by atoms with Crippen LogP contribution in [0.25, 0.3) is 0 Å². The Morgan fingerprint density at radius 1 is 1.09 bits per heavy atom. The quantitative estimate of drug-likeness (QED) is 0.817. The Morgan fingerprint density at radius 2 is 1.83 bits per heavy atom. The summed E-state index contributed by atoms with van der Waals surface area (Å²) in [5, 5.41) is 3.53. The summed E-state index contributed by atoms with van der Waals surface area (Å²) >= 11 is 11.8. The summed E-state index contributed by atoms with van der Waals surface area (Å²) in [4.78, 5) is 23.3. The number of esters is 1. The van der Waals surface area contributed by atoms with E-state index in [1.54, 1.807) is 36.4 Å². The van der Waals surface area contributed by atoms with E-state index in [1.165, 1.54) is 6.92 Å². The van der Waals surface area contributed by atoms with E-state index in [1.807, 2.05) is 6.92 Å². The predicted octanol–water partition coefficient (Wildman–Crippen LogP) is 4.62. The summed E-state index contributed by atoms with van der Waals surface area (Å²) in [7, 11) is 0. The van der Waals surface area contributed by atoms with Gasteiger partial charge < -0.3 is 10.1 Å². The molecular formula is C17H15Cl2NO3. The molecule has 0 bridgehead atoms. The third kappa shape index (κ3) is 4.71. The molecule has 0 spiro atoms. The smallest absolute Gasteiger partial charge is 0.338 e. The van der Waals surface area contributed by atoms with Crippen LogP contribution in [-0.4, -0.2) is 11.9 Å². The molecule has 23 heavy (non-hydrogen) atoms. The van der Waals surface area contributed by atoms with Crippen LogP contribution in [0.5, 0.6) is 0 Å². The van der Waals surface area contributed by atoms with Crippen LogP contribution < -0.4 is 5.32 Å². The summed E-state index contributed by atoms with van der Waals surface area (Å²) in [5.41, 5.74) is 2.55. The Kier molecular flexibility index (Phi) is 5.64. The van der Waals surface area contributed by atoms with Crippen LogP contribution in [0.15, 0.2) is 36.4 Å². The molecule has 2 aromatic rings. The molecule has 1 amide bonds. The second kappa shape index (κ2) is 7.49. The first-order chi connectivity index (χ1) is 10.9. The third-order valence-corrected chi connectivity index (χ3v) is 3.88. The van der Waals surface area contributed by atoms with E-state index in [2.05, 4.69) is 5.32 Å². The SMILES string of the molecule is CC(=O)Nc1cc(C(=O)OCc2ccc(Cl)c(Cl)c2)ccc1C. The van der Waals surface area contributed by atoms with Crippen LogP contribution in [0.4, 0.5) is 5.69 Å². The lowest BCUT2D eigenvalue weighted by Crippen LogP contribution is -2.10. The molecule has 0 aliphatic carbocycles. The Bertz CT molecular complexity index is 759. The van der Waals surface area contributed by atoms with Gasteiger partial charge in [0, 0.05) is 12.6 Å². The first kappa shape index (κ1) is 17.3. The fraction of sp³-hybridized carbons (Fsp3) is 0.176.